The largest absolute Gasteiger partial charge is 0.693 e. The minimum Gasteiger partial charge on any atom is -0.693 e. The summed E-state index contributed by atoms with van der Waals surface area (Å²) in [5, 5.41) is 1.20. The van der Waals surface area contributed by atoms with E-state index in [0.717, 1.165) is 5.52 Å². The van der Waals surface area contributed by atoms with Crippen molar-refractivity contribution in [2.45, 2.75) is 0 Å². The van der Waals surface area contributed by atoms with Crippen molar-refractivity contribution < 1.29 is 11.9 Å². The van der Waals surface area contributed by atoms with Crippen molar-refractivity contribution in [2.24, 2.45) is 0 Å². The van der Waals surface area contributed by atoms with E-state index in [4.69, 9.17) is 37.7 Å². The molecule has 2 N–H and O–H groups in total. The molecule has 0 saturated carbocycles. The first-order chi connectivity index (χ1) is 6.97. The number of hydrogen-bond acceptors (Lipinski definition) is 1. The van der Waals surface area contributed by atoms with Crippen LogP contribution in [0.4, 0.5) is 0 Å². The average Bonchev–Trinajstić information content (AvgIpc) is 2.16. The third-order valence-corrected chi connectivity index (χ3v) is 1.51. The van der Waals surface area contributed by atoms with Crippen LogP contribution in [-0.2, 0) is 11.9 Å². The third-order valence-electron chi connectivity index (χ3n) is 1.51. The molecule has 0 aliphatic heterocycles. The monoisotopic (exact) mass is 480 g/mol. The molecule has 0 unspecified atom stereocenters. The van der Waals surface area contributed by atoms with Gasteiger partial charge in [-0.1, -0.05) is 24.3 Å². The maximum absolute atomic E-state index is 5.01. The molecule has 2 aromatic rings. The van der Waals surface area contributed by atoms with Gasteiger partial charge < -0.3 is 6.15 Å². The van der Waals surface area contributed by atoms with Gasteiger partial charge in [0, 0.05) is 11.6 Å². The normalized spacial score (nSPS) is 11.0. The fraction of sp³-hybridized carbons (Fsp3) is 0. The molecule has 0 saturated heterocycles. The summed E-state index contributed by atoms with van der Waals surface area (Å²) < 4.78 is 0. The van der Waals surface area contributed by atoms with Crippen molar-refractivity contribution in [3.05, 3.63) is 48.7 Å². The molecule has 7 heteroatoms. The number of para-hydroxylation sites is 1. The molecule has 94 valence electrons. The number of nitrogens with two attached hydrogens (primary N) is 1. The summed E-state index contributed by atoms with van der Waals surface area (Å²) in [6.45, 7) is 0. The van der Waals surface area contributed by atoms with Crippen molar-refractivity contribution in [3.8, 4) is 0 Å². The summed E-state index contributed by atoms with van der Waals surface area (Å²) in [5.41, 5.74) is 1.06. The minimum atomic E-state index is -3.06. The number of benzene rings is 1. The van der Waals surface area contributed by atoms with E-state index in [1.54, 1.807) is 0 Å². The van der Waals surface area contributed by atoms with Gasteiger partial charge in [0.25, 0.3) is 0 Å². The van der Waals surface area contributed by atoms with Gasteiger partial charge in [0.15, 0.2) is 0 Å². The number of halogens is 4. The van der Waals surface area contributed by atoms with Crippen molar-refractivity contribution >= 4 is 48.6 Å². The molecule has 16 heavy (non-hydrogen) atoms. The molecule has 0 bridgehead atoms. The average molecular weight is 482 g/mol. The van der Waals surface area contributed by atoms with E-state index < -0.39 is 11.9 Å². The standard InChI is InChI=1S/C9H7N.4ClH.H2N.Pt/c1-2-6-9-8(4-1)5-3-7-10-9;;;;;;/h1-7H;4*1H;1H2;/q;;;;;-1;+4/p-4. The van der Waals surface area contributed by atoms with Crippen LogP contribution in [0, 0.1) is 0 Å². The Morgan fingerprint density at radius 3 is 1.94 bits per heavy atom. The van der Waals surface area contributed by atoms with Crippen LogP contribution in [0.15, 0.2) is 42.6 Å². The maximum atomic E-state index is 5.01. The van der Waals surface area contributed by atoms with E-state index >= 15 is 0 Å². The van der Waals surface area contributed by atoms with Gasteiger partial charge in [0.05, 0.1) is 5.52 Å². The Morgan fingerprint density at radius 1 is 0.875 bits per heavy atom. The van der Waals surface area contributed by atoms with Gasteiger partial charge in [-0.2, -0.15) is 0 Å². The molecular weight excluding hydrogens is 473 g/mol. The Balaban J connectivity index is 0.000000330. The first kappa shape index (κ1) is 16.4. The molecule has 0 radical (unpaired) electrons. The van der Waals surface area contributed by atoms with Crippen LogP contribution in [0.3, 0.4) is 0 Å². The molecule has 0 amide bonds. The molecule has 1 aromatic carbocycles. The van der Waals surface area contributed by atoms with Crippen LogP contribution in [0.25, 0.3) is 17.1 Å². The predicted octanol–water partition coefficient (Wildman–Crippen LogP) is 5.71. The Kier molecular flexibility index (Phi) is 7.92. The van der Waals surface area contributed by atoms with Gasteiger partial charge in [-0.3, -0.25) is 4.98 Å². The van der Waals surface area contributed by atoms with E-state index in [0.29, 0.717) is 0 Å². The van der Waals surface area contributed by atoms with Crippen molar-refractivity contribution in [1.82, 2.24) is 4.98 Å². The second-order valence-corrected chi connectivity index (χ2v) is 22.2. The summed E-state index contributed by atoms with van der Waals surface area (Å²) in [5.74, 6) is 0. The SMILES string of the molecule is [Cl][Pt]([Cl])([Cl])[Cl].[NH2-].c1ccc2ncccc2c1. The second kappa shape index (κ2) is 7.70. The third kappa shape index (κ3) is 7.67. The number of hydrogen-bond donors (Lipinski definition) is 0. The molecule has 2 nitrogen and oxygen atoms in total. The van der Waals surface area contributed by atoms with Crippen molar-refractivity contribution in [2.75, 3.05) is 0 Å². The van der Waals surface area contributed by atoms with E-state index in [9.17, 15) is 0 Å². The van der Waals surface area contributed by atoms with Crippen molar-refractivity contribution in [1.29, 1.82) is 0 Å². The topological polar surface area (TPSA) is 46.4 Å². The Bertz CT molecular complexity index is 362. The molecule has 0 spiro atoms. The molecule has 2 rings (SSSR count). The number of rotatable bonds is 0. The Morgan fingerprint density at radius 2 is 1.38 bits per heavy atom. The van der Waals surface area contributed by atoms with E-state index in [1.165, 1.54) is 5.39 Å². The molecule has 0 aliphatic rings. The van der Waals surface area contributed by atoms with E-state index in [1.807, 2.05) is 30.5 Å². The van der Waals surface area contributed by atoms with Gasteiger partial charge in [0.1, 0.15) is 0 Å². The predicted molar refractivity (Wildman–Crippen MR) is 70.4 cm³/mol. The molecule has 1 heterocycles. The molecular formula is C9H9Cl4N2Pt-. The smallest absolute Gasteiger partial charge is 0.0701 e. The first-order valence-electron chi connectivity index (χ1n) is 3.74. The van der Waals surface area contributed by atoms with Gasteiger partial charge in [-0.25, -0.2) is 0 Å². The maximum Gasteiger partial charge on any atom is 0.0701 e. The Hall–Kier alpha value is 0.438. The fourth-order valence-electron chi connectivity index (χ4n) is 1.02. The Labute approximate surface area is 113 Å². The van der Waals surface area contributed by atoms with Crippen LogP contribution in [-0.4, -0.2) is 4.98 Å². The zero-order valence-electron chi connectivity index (χ0n) is 7.89. The second-order valence-electron chi connectivity index (χ2n) is 2.47. The van der Waals surface area contributed by atoms with Gasteiger partial charge in [-0.15, -0.1) is 0 Å². The summed E-state index contributed by atoms with van der Waals surface area (Å²) in [6.07, 6.45) is 1.81. The quantitative estimate of drug-likeness (QED) is 0.475. The summed E-state index contributed by atoms with van der Waals surface area (Å²) >= 11 is -3.06. The summed E-state index contributed by atoms with van der Waals surface area (Å²) in [7, 11) is 20.0. The fourth-order valence-corrected chi connectivity index (χ4v) is 1.02. The summed E-state index contributed by atoms with van der Waals surface area (Å²) in [4.78, 5) is 4.18. The van der Waals surface area contributed by atoms with Crippen LogP contribution in [0.2, 0.25) is 0 Å². The number of nitrogens with zero attached hydrogens (tertiary/aromatic N) is 1. The van der Waals surface area contributed by atoms with Crippen LogP contribution < -0.4 is 0 Å². The zero-order valence-corrected chi connectivity index (χ0v) is 13.2. The molecule has 1 aromatic heterocycles. The van der Waals surface area contributed by atoms with E-state index in [-0.39, 0.29) is 6.15 Å². The first-order valence-corrected chi connectivity index (χ1v) is 15.0. The summed E-state index contributed by atoms with van der Waals surface area (Å²) in [6, 6.07) is 12.1. The van der Waals surface area contributed by atoms with Crippen LogP contribution >= 0.6 is 37.7 Å². The number of aromatic nitrogens is 1. The van der Waals surface area contributed by atoms with Crippen LogP contribution in [0.5, 0.6) is 0 Å². The van der Waals surface area contributed by atoms with Gasteiger partial charge in [0.2, 0.25) is 0 Å². The molecule has 0 aliphatic carbocycles. The van der Waals surface area contributed by atoms with Crippen LogP contribution in [0.1, 0.15) is 0 Å². The van der Waals surface area contributed by atoms with Crippen molar-refractivity contribution in [3.63, 3.8) is 0 Å². The number of pyridine rings is 1. The van der Waals surface area contributed by atoms with E-state index in [2.05, 4.69) is 17.1 Å². The zero-order chi connectivity index (χ0) is 11.3. The molecule has 0 atom stereocenters. The number of fused-ring (bicyclic) bond motifs is 1. The van der Waals surface area contributed by atoms with Gasteiger partial charge >= 0.3 is 49.6 Å². The van der Waals surface area contributed by atoms with Gasteiger partial charge in [-0.05, 0) is 12.1 Å². The minimum absolute atomic E-state index is 0. The molecule has 0 fully saturated rings.